The molecule has 1 aromatic rings. The maximum Gasteiger partial charge on any atom is 0.335 e. The van der Waals surface area contributed by atoms with Gasteiger partial charge in [-0.25, -0.2) is 4.79 Å². The van der Waals surface area contributed by atoms with E-state index >= 15 is 0 Å². The van der Waals surface area contributed by atoms with Crippen molar-refractivity contribution in [1.29, 1.82) is 0 Å². The Morgan fingerprint density at radius 3 is 2.71 bits per heavy atom. The fourth-order valence-electron chi connectivity index (χ4n) is 2.76. The number of rotatable bonds is 6. The lowest BCUT2D eigenvalue weighted by Gasteiger charge is -2.52. The number of carboxylic acid groups (broad SMARTS) is 1. The lowest BCUT2D eigenvalue weighted by molar-refractivity contribution is -0.0976. The van der Waals surface area contributed by atoms with Crippen LogP contribution >= 0.6 is 0 Å². The lowest BCUT2D eigenvalue weighted by atomic mass is 9.64. The molecule has 5 heteroatoms. The fourth-order valence-corrected chi connectivity index (χ4v) is 2.76. The average Bonchev–Trinajstić information content (AvgIpc) is 2.46. The van der Waals surface area contributed by atoms with Crippen LogP contribution in [-0.4, -0.2) is 36.9 Å². The van der Waals surface area contributed by atoms with Gasteiger partial charge in [-0.15, -0.1) is 0 Å². The molecule has 0 heterocycles. The van der Waals surface area contributed by atoms with Gasteiger partial charge in [0.25, 0.3) is 0 Å². The first-order valence-corrected chi connectivity index (χ1v) is 7.19. The molecule has 0 amide bonds. The summed E-state index contributed by atoms with van der Waals surface area (Å²) in [6, 6.07) is 5.07. The van der Waals surface area contributed by atoms with Crippen LogP contribution in [0.25, 0.3) is 0 Å². The summed E-state index contributed by atoms with van der Waals surface area (Å²) >= 11 is 0. The lowest BCUT2D eigenvalue weighted by Crippen LogP contribution is -2.58. The Morgan fingerprint density at radius 2 is 2.19 bits per heavy atom. The van der Waals surface area contributed by atoms with Gasteiger partial charge < -0.3 is 19.9 Å². The van der Waals surface area contributed by atoms with Gasteiger partial charge in [-0.2, -0.15) is 0 Å². The number of anilines is 1. The van der Waals surface area contributed by atoms with E-state index in [0.29, 0.717) is 18.0 Å². The molecule has 1 fully saturated rings. The number of carboxylic acids is 1. The molecule has 1 aliphatic rings. The molecule has 1 aliphatic carbocycles. The van der Waals surface area contributed by atoms with Gasteiger partial charge >= 0.3 is 5.97 Å². The van der Waals surface area contributed by atoms with Gasteiger partial charge in [-0.3, -0.25) is 0 Å². The number of ether oxygens (including phenoxy) is 2. The van der Waals surface area contributed by atoms with Crippen molar-refractivity contribution >= 4 is 11.7 Å². The van der Waals surface area contributed by atoms with Gasteiger partial charge in [-0.05, 0) is 31.5 Å². The van der Waals surface area contributed by atoms with E-state index in [9.17, 15) is 4.79 Å². The number of hydrogen-bond acceptors (Lipinski definition) is 4. The molecule has 0 aromatic heterocycles. The minimum atomic E-state index is -0.944. The molecule has 0 bridgehead atoms. The molecule has 2 atom stereocenters. The molecule has 2 rings (SSSR count). The molecule has 1 aromatic carbocycles. The molecular formula is C16H23NO4. The van der Waals surface area contributed by atoms with Crippen LogP contribution in [0.3, 0.4) is 0 Å². The molecule has 116 valence electrons. The van der Waals surface area contributed by atoms with Crippen molar-refractivity contribution in [2.75, 3.05) is 19.0 Å². The summed E-state index contributed by atoms with van der Waals surface area (Å²) in [5, 5.41) is 12.5. The van der Waals surface area contributed by atoms with Gasteiger partial charge in [0.15, 0.2) is 0 Å². The van der Waals surface area contributed by atoms with E-state index < -0.39 is 5.97 Å². The SMILES string of the molecule is CCOC1CC(Nc2cc(C(=O)O)ccc2OC)C1(C)C. The summed E-state index contributed by atoms with van der Waals surface area (Å²) in [6.45, 7) is 7.01. The summed E-state index contributed by atoms with van der Waals surface area (Å²) < 4.78 is 11.0. The topological polar surface area (TPSA) is 67.8 Å². The van der Waals surface area contributed by atoms with E-state index in [1.54, 1.807) is 25.3 Å². The van der Waals surface area contributed by atoms with E-state index in [4.69, 9.17) is 14.6 Å². The smallest absolute Gasteiger partial charge is 0.335 e. The van der Waals surface area contributed by atoms with Crippen LogP contribution in [0.5, 0.6) is 5.75 Å². The van der Waals surface area contributed by atoms with Crippen molar-refractivity contribution in [2.45, 2.75) is 39.3 Å². The van der Waals surface area contributed by atoms with Gasteiger partial charge in [0.2, 0.25) is 0 Å². The Labute approximate surface area is 125 Å². The number of benzene rings is 1. The highest BCUT2D eigenvalue weighted by Crippen LogP contribution is 2.45. The second-order valence-electron chi connectivity index (χ2n) is 5.92. The van der Waals surface area contributed by atoms with Crippen molar-refractivity contribution in [1.82, 2.24) is 0 Å². The van der Waals surface area contributed by atoms with Crippen molar-refractivity contribution in [3.8, 4) is 5.75 Å². The van der Waals surface area contributed by atoms with Crippen LogP contribution in [0.15, 0.2) is 18.2 Å². The monoisotopic (exact) mass is 293 g/mol. The first-order chi connectivity index (χ1) is 9.90. The molecular weight excluding hydrogens is 270 g/mol. The molecule has 2 unspecified atom stereocenters. The summed E-state index contributed by atoms with van der Waals surface area (Å²) in [5.41, 5.74) is 0.961. The highest BCUT2D eigenvalue weighted by Gasteiger charge is 2.49. The van der Waals surface area contributed by atoms with Crippen LogP contribution in [0.2, 0.25) is 0 Å². The second kappa shape index (κ2) is 5.93. The van der Waals surface area contributed by atoms with Gasteiger partial charge in [-0.1, -0.05) is 13.8 Å². The van der Waals surface area contributed by atoms with Crippen molar-refractivity contribution in [3.63, 3.8) is 0 Å². The summed E-state index contributed by atoms with van der Waals surface area (Å²) in [7, 11) is 1.58. The molecule has 1 saturated carbocycles. The Balaban J connectivity index is 2.16. The highest BCUT2D eigenvalue weighted by molar-refractivity contribution is 5.89. The zero-order valence-corrected chi connectivity index (χ0v) is 13.0. The standard InChI is InChI=1S/C16H23NO4/c1-5-21-14-9-13(16(14,2)3)17-11-8-10(15(18)19)6-7-12(11)20-4/h6-8,13-14,17H,5,9H2,1-4H3,(H,18,19). The zero-order valence-electron chi connectivity index (χ0n) is 13.0. The van der Waals surface area contributed by atoms with Crippen LogP contribution < -0.4 is 10.1 Å². The number of aromatic carboxylic acids is 1. The highest BCUT2D eigenvalue weighted by atomic mass is 16.5. The number of nitrogens with one attached hydrogen (secondary N) is 1. The minimum Gasteiger partial charge on any atom is -0.495 e. The van der Waals surface area contributed by atoms with Crippen LogP contribution in [0.1, 0.15) is 37.6 Å². The van der Waals surface area contributed by atoms with Crippen LogP contribution in [0.4, 0.5) is 5.69 Å². The normalized spacial score (nSPS) is 23.2. The molecule has 5 nitrogen and oxygen atoms in total. The van der Waals surface area contributed by atoms with E-state index in [0.717, 1.165) is 6.42 Å². The Hall–Kier alpha value is -1.75. The largest absolute Gasteiger partial charge is 0.495 e. The van der Waals surface area contributed by atoms with E-state index in [1.807, 2.05) is 6.92 Å². The summed E-state index contributed by atoms with van der Waals surface area (Å²) in [5.74, 6) is -0.295. The minimum absolute atomic E-state index is 0.000248. The predicted octanol–water partition coefficient (Wildman–Crippen LogP) is 3.01. The zero-order chi connectivity index (χ0) is 15.6. The van der Waals surface area contributed by atoms with E-state index in [1.165, 1.54) is 0 Å². The maximum absolute atomic E-state index is 11.1. The Kier molecular flexibility index (Phi) is 4.42. The van der Waals surface area contributed by atoms with Gasteiger partial charge in [0, 0.05) is 18.1 Å². The van der Waals surface area contributed by atoms with Gasteiger partial charge in [0.05, 0.1) is 24.5 Å². The quantitative estimate of drug-likeness (QED) is 0.844. The first kappa shape index (κ1) is 15.6. The molecule has 2 N–H and O–H groups in total. The van der Waals surface area contributed by atoms with Crippen molar-refractivity contribution in [3.05, 3.63) is 23.8 Å². The van der Waals surface area contributed by atoms with Gasteiger partial charge in [0.1, 0.15) is 5.75 Å². The average molecular weight is 293 g/mol. The third-order valence-electron chi connectivity index (χ3n) is 4.32. The van der Waals surface area contributed by atoms with Crippen molar-refractivity contribution in [2.24, 2.45) is 5.41 Å². The third-order valence-corrected chi connectivity index (χ3v) is 4.32. The molecule has 0 spiro atoms. The molecule has 21 heavy (non-hydrogen) atoms. The third kappa shape index (κ3) is 2.97. The predicted molar refractivity (Wildman–Crippen MR) is 81.2 cm³/mol. The van der Waals surface area contributed by atoms with Crippen molar-refractivity contribution < 1.29 is 19.4 Å². The molecule has 0 aliphatic heterocycles. The van der Waals surface area contributed by atoms with Crippen LogP contribution in [-0.2, 0) is 4.74 Å². The first-order valence-electron chi connectivity index (χ1n) is 7.19. The Morgan fingerprint density at radius 1 is 1.48 bits per heavy atom. The van der Waals surface area contributed by atoms with E-state index in [2.05, 4.69) is 19.2 Å². The Bertz CT molecular complexity index is 527. The maximum atomic E-state index is 11.1. The fraction of sp³-hybridized carbons (Fsp3) is 0.562. The number of methoxy groups -OCH3 is 1. The summed E-state index contributed by atoms with van der Waals surface area (Å²) in [4.78, 5) is 11.1. The van der Waals surface area contributed by atoms with E-state index in [-0.39, 0.29) is 23.1 Å². The molecule has 0 radical (unpaired) electrons. The molecule has 0 saturated heterocycles. The number of carbonyl (C=O) groups is 1. The summed E-state index contributed by atoms with van der Waals surface area (Å²) in [6.07, 6.45) is 1.13. The van der Waals surface area contributed by atoms with Crippen LogP contribution in [0, 0.1) is 5.41 Å². The number of hydrogen-bond donors (Lipinski definition) is 2. The second-order valence-corrected chi connectivity index (χ2v) is 5.92.